The van der Waals surface area contributed by atoms with Crippen LogP contribution in [0.5, 0.6) is 11.5 Å². The molecule has 264 valence electrons. The average Bonchev–Trinajstić information content (AvgIpc) is 3.21. The van der Waals surface area contributed by atoms with Crippen LogP contribution in [0, 0.1) is 0 Å². The molecule has 0 aliphatic carbocycles. The minimum Gasteiger partial charge on any atom is -0.458 e. The van der Waals surface area contributed by atoms with E-state index in [4.69, 9.17) is 11.6 Å². The van der Waals surface area contributed by atoms with Gasteiger partial charge in [-0.3, -0.25) is 0 Å². The van der Waals surface area contributed by atoms with E-state index in [0.29, 0.717) is 11.3 Å². The number of hydrogen-bond acceptors (Lipinski definition) is 2. The molecular weight excluding hydrogens is 721 g/mol. The lowest BCUT2D eigenvalue weighted by atomic mass is 9.34. The van der Waals surface area contributed by atoms with E-state index in [1.165, 1.54) is 11.1 Å². The smallest absolute Gasteiger partial charge is 0.256 e. The quantitative estimate of drug-likeness (QED) is 0.165. The van der Waals surface area contributed by atoms with E-state index in [0.717, 1.165) is 65.9 Å². The number of hydrogen-bond donors (Lipinski definition) is 0. The molecule has 4 heteroatoms. The van der Waals surface area contributed by atoms with Crippen LogP contribution in [-0.2, 0) is 10.8 Å². The Balaban J connectivity index is 1.36. The number of nitrogens with zero attached hydrogens (tertiary/aromatic N) is 1. The fourth-order valence-corrected chi connectivity index (χ4v) is 8.27. The lowest BCUT2D eigenvalue weighted by molar-refractivity contribution is 0.488. The van der Waals surface area contributed by atoms with Gasteiger partial charge >= 0.3 is 0 Å². The predicted octanol–water partition coefficient (Wildman–Crippen LogP) is 12.5. The maximum Gasteiger partial charge on any atom is 0.256 e. The third-order valence-corrected chi connectivity index (χ3v) is 11.2. The maximum absolute atomic E-state index is 8.82. The first-order valence-corrected chi connectivity index (χ1v) is 19.3. The van der Waals surface area contributed by atoms with Crippen molar-refractivity contribution in [3.63, 3.8) is 0 Å². The molecule has 0 radical (unpaired) electrons. The summed E-state index contributed by atoms with van der Waals surface area (Å²) in [7, 11) is 0. The second-order valence-corrected chi connectivity index (χ2v) is 17.3. The summed E-state index contributed by atoms with van der Waals surface area (Å²) >= 11 is 3.81. The SMILES string of the molecule is [2H]c1c([2H])c([2H])c(-c2ccc3c(c2)B2c4cc(Br)ccc4N(c4ccccc4-c4ccccc4)c4cc(-c5cc(C(C)(C)C)cc(C(C)(C)C)c5)cc(c42)O3)c([2H])c1[2H]. The van der Waals surface area contributed by atoms with Crippen LogP contribution in [0.25, 0.3) is 33.4 Å². The molecule has 0 saturated carbocycles. The molecule has 54 heavy (non-hydrogen) atoms. The van der Waals surface area contributed by atoms with Crippen molar-refractivity contribution in [3.05, 3.63) is 167 Å². The largest absolute Gasteiger partial charge is 0.458 e. The Morgan fingerprint density at radius 1 is 0.537 bits per heavy atom. The van der Waals surface area contributed by atoms with Crippen LogP contribution in [0.4, 0.5) is 17.1 Å². The van der Waals surface area contributed by atoms with Crippen LogP contribution >= 0.6 is 15.9 Å². The second kappa shape index (κ2) is 12.9. The van der Waals surface area contributed by atoms with Gasteiger partial charge in [-0.05, 0) is 103 Å². The van der Waals surface area contributed by atoms with E-state index in [1.54, 1.807) is 6.07 Å². The molecule has 0 N–H and O–H groups in total. The lowest BCUT2D eigenvalue weighted by Gasteiger charge is -2.41. The molecule has 2 aliphatic rings. The highest BCUT2D eigenvalue weighted by Crippen LogP contribution is 2.47. The van der Waals surface area contributed by atoms with Crippen molar-refractivity contribution < 1.29 is 11.6 Å². The normalized spacial score (nSPS) is 14.5. The minimum atomic E-state index is -0.413. The number of para-hydroxylation sites is 1. The van der Waals surface area contributed by atoms with Crippen molar-refractivity contribution in [2.45, 2.75) is 52.4 Å². The molecule has 0 atom stereocenters. The molecule has 0 unspecified atom stereocenters. The number of benzene rings is 7. The first kappa shape index (κ1) is 29.1. The van der Waals surface area contributed by atoms with Gasteiger partial charge in [-0.1, -0.05) is 173 Å². The van der Waals surface area contributed by atoms with Gasteiger partial charge in [-0.25, -0.2) is 0 Å². The van der Waals surface area contributed by atoms with Gasteiger partial charge in [-0.15, -0.1) is 0 Å². The van der Waals surface area contributed by atoms with Crippen molar-refractivity contribution in [3.8, 4) is 44.9 Å². The Labute approximate surface area is 335 Å². The van der Waals surface area contributed by atoms with Gasteiger partial charge in [-0.2, -0.15) is 0 Å². The summed E-state index contributed by atoms with van der Waals surface area (Å²) < 4.78 is 50.7. The molecule has 0 spiro atoms. The Morgan fingerprint density at radius 3 is 1.94 bits per heavy atom. The van der Waals surface area contributed by atoms with E-state index in [-0.39, 0.29) is 47.3 Å². The fraction of sp³-hybridized carbons (Fsp3) is 0.160. The molecule has 2 aliphatic heterocycles. The average molecular weight is 770 g/mol. The van der Waals surface area contributed by atoms with Crippen LogP contribution in [0.2, 0.25) is 0 Å². The zero-order valence-electron chi connectivity index (χ0n) is 36.4. The second-order valence-electron chi connectivity index (χ2n) is 16.4. The van der Waals surface area contributed by atoms with Gasteiger partial charge in [0.25, 0.3) is 6.71 Å². The van der Waals surface area contributed by atoms with Crippen LogP contribution in [-0.4, -0.2) is 6.71 Å². The van der Waals surface area contributed by atoms with Gasteiger partial charge < -0.3 is 9.64 Å². The maximum atomic E-state index is 8.82. The zero-order chi connectivity index (χ0) is 41.7. The Bertz CT molecular complexity index is 2800. The topological polar surface area (TPSA) is 12.5 Å². The molecule has 9 rings (SSSR count). The van der Waals surface area contributed by atoms with E-state index in [2.05, 4.69) is 159 Å². The molecule has 0 fully saturated rings. The molecule has 0 saturated heterocycles. The van der Waals surface area contributed by atoms with Crippen molar-refractivity contribution in [1.82, 2.24) is 0 Å². The number of rotatable bonds is 4. The van der Waals surface area contributed by atoms with Gasteiger partial charge in [0.05, 0.1) is 12.5 Å². The minimum absolute atomic E-state index is 0.0794. The van der Waals surface area contributed by atoms with E-state index >= 15 is 0 Å². The van der Waals surface area contributed by atoms with E-state index in [9.17, 15) is 0 Å². The third kappa shape index (κ3) is 5.98. The van der Waals surface area contributed by atoms with Crippen LogP contribution in [0.1, 0.15) is 59.5 Å². The summed E-state index contributed by atoms with van der Waals surface area (Å²) in [5, 5.41) is 0. The van der Waals surface area contributed by atoms with Gasteiger partial charge in [0.15, 0.2) is 0 Å². The number of halogens is 1. The first-order chi connectivity index (χ1) is 28.0. The van der Waals surface area contributed by atoms with Crippen LogP contribution in [0.15, 0.2) is 156 Å². The molecule has 2 nitrogen and oxygen atoms in total. The highest BCUT2D eigenvalue weighted by molar-refractivity contribution is 9.10. The predicted molar refractivity (Wildman–Crippen MR) is 234 cm³/mol. The first-order valence-electron chi connectivity index (χ1n) is 21.0. The summed E-state index contributed by atoms with van der Waals surface area (Å²) in [5.41, 5.74) is 13.3. The summed E-state index contributed by atoms with van der Waals surface area (Å²) in [6.07, 6.45) is 0. The molecule has 7 aromatic rings. The molecule has 2 heterocycles. The van der Waals surface area contributed by atoms with Crippen LogP contribution < -0.4 is 26.0 Å². The van der Waals surface area contributed by atoms with Crippen molar-refractivity contribution in [2.24, 2.45) is 0 Å². The van der Waals surface area contributed by atoms with Crippen LogP contribution in [0.3, 0.4) is 0 Å². The van der Waals surface area contributed by atoms with Gasteiger partial charge in [0.1, 0.15) is 11.5 Å². The molecule has 0 aromatic heterocycles. The van der Waals surface area contributed by atoms with Gasteiger partial charge in [0, 0.05) is 21.4 Å². The highest BCUT2D eigenvalue weighted by Gasteiger charge is 2.43. The van der Waals surface area contributed by atoms with Gasteiger partial charge in [0.2, 0.25) is 0 Å². The molecule has 0 bridgehead atoms. The number of anilines is 3. The van der Waals surface area contributed by atoms with E-state index in [1.807, 2.05) is 18.2 Å². The molecule has 7 aromatic carbocycles. The Hall–Kier alpha value is -5.32. The third-order valence-electron chi connectivity index (χ3n) is 10.7. The number of fused-ring (bicyclic) bond motifs is 4. The zero-order valence-corrected chi connectivity index (χ0v) is 32.9. The van der Waals surface area contributed by atoms with Crippen molar-refractivity contribution in [2.75, 3.05) is 4.90 Å². The number of ether oxygens (including phenoxy) is 1. The Morgan fingerprint density at radius 2 is 1.22 bits per heavy atom. The van der Waals surface area contributed by atoms with E-state index < -0.39 is 6.04 Å². The summed E-state index contributed by atoms with van der Waals surface area (Å²) in [6.45, 7) is 13.3. The molecule has 0 amide bonds. The fourth-order valence-electron chi connectivity index (χ4n) is 7.89. The summed E-state index contributed by atoms with van der Waals surface area (Å²) in [5.74, 6) is 1.40. The lowest BCUT2D eigenvalue weighted by Crippen LogP contribution is -2.59. The highest BCUT2D eigenvalue weighted by atomic mass is 79.9. The summed E-state index contributed by atoms with van der Waals surface area (Å²) in [6, 6.07) is 40.9. The monoisotopic (exact) mass is 768 g/mol. The van der Waals surface area contributed by atoms with Crippen molar-refractivity contribution >= 4 is 56.1 Å². The van der Waals surface area contributed by atoms with Crippen molar-refractivity contribution in [1.29, 1.82) is 0 Å². The molecular formula is C50H43BBrNO. The standard InChI is InChI=1S/C50H43BBrNO/c1-49(2,3)37-25-35(26-38(30-37)50(4,5)6)36-28-45-48-47(29-36)54-46-24-21-34(32-15-9-7-10-16-32)27-42(46)51(48)41-31-39(52)22-23-44(41)53(45)43-20-14-13-19-40(43)33-17-11-8-12-18-33/h7-31H,1-6H3/i7D,9D,10D,15D,16D. The summed E-state index contributed by atoms with van der Waals surface area (Å²) in [4.78, 5) is 2.37. The Kier molecular flexibility index (Phi) is 6.96.